The molecule has 1 heterocycles. The van der Waals surface area contributed by atoms with E-state index in [4.69, 9.17) is 0 Å². The SMILES string of the molecule is Cc1ccc(C(F)(F)CC2CCCCN2)cc1. The zero-order valence-corrected chi connectivity index (χ0v) is 10.2. The maximum absolute atomic E-state index is 14.0. The number of halogens is 2. The Morgan fingerprint density at radius 2 is 1.94 bits per heavy atom. The fourth-order valence-electron chi connectivity index (χ4n) is 2.32. The molecule has 0 aromatic heterocycles. The highest BCUT2D eigenvalue weighted by molar-refractivity contribution is 5.25. The Hall–Kier alpha value is -0.960. The summed E-state index contributed by atoms with van der Waals surface area (Å²) < 4.78 is 28.1. The van der Waals surface area contributed by atoms with Gasteiger partial charge in [-0.2, -0.15) is 0 Å². The lowest BCUT2D eigenvalue weighted by molar-refractivity contribution is -0.0253. The quantitative estimate of drug-likeness (QED) is 0.849. The number of aryl methyl sites for hydroxylation is 1. The molecule has 2 rings (SSSR count). The van der Waals surface area contributed by atoms with Crippen molar-refractivity contribution >= 4 is 0 Å². The largest absolute Gasteiger partial charge is 0.314 e. The third-order valence-corrected chi connectivity index (χ3v) is 3.39. The van der Waals surface area contributed by atoms with Crippen molar-refractivity contribution in [1.29, 1.82) is 0 Å². The molecule has 1 unspecified atom stereocenters. The van der Waals surface area contributed by atoms with E-state index in [0.717, 1.165) is 31.4 Å². The summed E-state index contributed by atoms with van der Waals surface area (Å²) in [4.78, 5) is 0. The molecule has 0 spiro atoms. The van der Waals surface area contributed by atoms with Crippen molar-refractivity contribution in [2.45, 2.75) is 44.6 Å². The lowest BCUT2D eigenvalue weighted by Crippen LogP contribution is -2.37. The van der Waals surface area contributed by atoms with Crippen molar-refractivity contribution in [2.75, 3.05) is 6.54 Å². The van der Waals surface area contributed by atoms with E-state index in [-0.39, 0.29) is 18.0 Å². The lowest BCUT2D eigenvalue weighted by Gasteiger charge is -2.27. The van der Waals surface area contributed by atoms with Gasteiger partial charge in [0.1, 0.15) is 0 Å². The number of alkyl halides is 2. The number of hydrogen-bond acceptors (Lipinski definition) is 1. The summed E-state index contributed by atoms with van der Waals surface area (Å²) in [5.74, 6) is -2.72. The van der Waals surface area contributed by atoms with Gasteiger partial charge in [0.05, 0.1) is 0 Å². The smallest absolute Gasteiger partial charge is 0.274 e. The van der Waals surface area contributed by atoms with Crippen LogP contribution < -0.4 is 5.32 Å². The standard InChI is InChI=1S/C14H19F2N/c1-11-5-7-12(8-6-11)14(15,16)10-13-4-2-3-9-17-13/h5-8,13,17H,2-4,9-10H2,1H3. The van der Waals surface area contributed by atoms with Gasteiger partial charge in [0.2, 0.25) is 0 Å². The second-order valence-electron chi connectivity index (χ2n) is 4.92. The molecule has 0 bridgehead atoms. The molecule has 1 aromatic rings. The normalized spacial score (nSPS) is 21.5. The summed E-state index contributed by atoms with van der Waals surface area (Å²) in [6.07, 6.45) is 2.94. The Morgan fingerprint density at radius 1 is 1.24 bits per heavy atom. The molecule has 1 nitrogen and oxygen atoms in total. The van der Waals surface area contributed by atoms with Crippen LogP contribution in [-0.2, 0) is 5.92 Å². The first kappa shape index (κ1) is 12.5. The van der Waals surface area contributed by atoms with Gasteiger partial charge in [0.25, 0.3) is 5.92 Å². The minimum atomic E-state index is -2.72. The molecule has 1 aromatic carbocycles. The highest BCUT2D eigenvalue weighted by atomic mass is 19.3. The Balaban J connectivity index is 2.04. The van der Waals surface area contributed by atoms with Gasteiger partial charge in [0.15, 0.2) is 0 Å². The first-order chi connectivity index (χ1) is 8.08. The Morgan fingerprint density at radius 3 is 2.53 bits per heavy atom. The van der Waals surface area contributed by atoms with Crippen LogP contribution in [0.1, 0.15) is 36.8 Å². The molecule has 17 heavy (non-hydrogen) atoms. The van der Waals surface area contributed by atoms with Crippen molar-refractivity contribution in [1.82, 2.24) is 5.32 Å². The molecular weight excluding hydrogens is 220 g/mol. The molecular formula is C14H19F2N. The first-order valence-electron chi connectivity index (χ1n) is 6.26. The van der Waals surface area contributed by atoms with Crippen LogP contribution in [0.2, 0.25) is 0 Å². The van der Waals surface area contributed by atoms with E-state index in [9.17, 15) is 8.78 Å². The van der Waals surface area contributed by atoms with Crippen molar-refractivity contribution in [3.63, 3.8) is 0 Å². The van der Waals surface area contributed by atoms with E-state index in [0.29, 0.717) is 0 Å². The molecule has 0 aliphatic carbocycles. The van der Waals surface area contributed by atoms with Crippen molar-refractivity contribution in [3.05, 3.63) is 35.4 Å². The van der Waals surface area contributed by atoms with Gasteiger partial charge in [-0.05, 0) is 26.3 Å². The second kappa shape index (κ2) is 5.13. The van der Waals surface area contributed by atoms with E-state index in [1.54, 1.807) is 12.1 Å². The highest BCUT2D eigenvalue weighted by Crippen LogP contribution is 2.34. The zero-order valence-electron chi connectivity index (χ0n) is 10.2. The van der Waals surface area contributed by atoms with E-state index in [2.05, 4.69) is 5.32 Å². The van der Waals surface area contributed by atoms with Gasteiger partial charge in [0, 0.05) is 18.0 Å². The van der Waals surface area contributed by atoms with Crippen LogP contribution in [-0.4, -0.2) is 12.6 Å². The Kier molecular flexibility index (Phi) is 3.77. The van der Waals surface area contributed by atoms with Crippen molar-refractivity contribution in [2.24, 2.45) is 0 Å². The van der Waals surface area contributed by atoms with Crippen LogP contribution in [0.25, 0.3) is 0 Å². The van der Waals surface area contributed by atoms with Gasteiger partial charge in [-0.1, -0.05) is 36.2 Å². The minimum Gasteiger partial charge on any atom is -0.314 e. The van der Waals surface area contributed by atoms with E-state index in [1.807, 2.05) is 6.92 Å². The average Bonchev–Trinajstić information content (AvgIpc) is 2.30. The van der Waals surface area contributed by atoms with E-state index < -0.39 is 5.92 Å². The van der Waals surface area contributed by atoms with E-state index >= 15 is 0 Å². The second-order valence-corrected chi connectivity index (χ2v) is 4.92. The zero-order chi connectivity index (χ0) is 12.3. The van der Waals surface area contributed by atoms with Crippen LogP contribution in [0.15, 0.2) is 24.3 Å². The summed E-state index contributed by atoms with van der Waals surface area (Å²) in [5, 5.41) is 3.18. The molecule has 0 amide bonds. The number of piperidine rings is 1. The van der Waals surface area contributed by atoms with Crippen LogP contribution in [0.3, 0.4) is 0 Å². The molecule has 3 heteroatoms. The molecule has 1 aliphatic heterocycles. The average molecular weight is 239 g/mol. The number of rotatable bonds is 3. The molecule has 1 atom stereocenters. The predicted octanol–water partition coefficient (Wildman–Crippen LogP) is 3.62. The predicted molar refractivity (Wildman–Crippen MR) is 65.3 cm³/mol. The Labute approximate surface area is 101 Å². The summed E-state index contributed by atoms with van der Waals surface area (Å²) >= 11 is 0. The van der Waals surface area contributed by atoms with Crippen LogP contribution in [0, 0.1) is 6.92 Å². The summed E-state index contributed by atoms with van der Waals surface area (Å²) in [5.41, 5.74) is 1.15. The first-order valence-corrected chi connectivity index (χ1v) is 6.26. The molecule has 1 saturated heterocycles. The van der Waals surface area contributed by atoms with Crippen molar-refractivity contribution < 1.29 is 8.78 Å². The lowest BCUT2D eigenvalue weighted by atomic mass is 9.95. The molecule has 0 radical (unpaired) electrons. The third-order valence-electron chi connectivity index (χ3n) is 3.39. The minimum absolute atomic E-state index is 0.0416. The maximum atomic E-state index is 14.0. The molecule has 1 aliphatic rings. The molecule has 1 fully saturated rings. The fourth-order valence-corrected chi connectivity index (χ4v) is 2.32. The summed E-state index contributed by atoms with van der Waals surface area (Å²) in [6.45, 7) is 2.78. The van der Waals surface area contributed by atoms with Crippen molar-refractivity contribution in [3.8, 4) is 0 Å². The fraction of sp³-hybridized carbons (Fsp3) is 0.571. The maximum Gasteiger partial charge on any atom is 0.274 e. The Bertz CT molecular complexity index is 353. The van der Waals surface area contributed by atoms with Gasteiger partial charge < -0.3 is 5.32 Å². The van der Waals surface area contributed by atoms with Crippen LogP contribution in [0.5, 0.6) is 0 Å². The third kappa shape index (κ3) is 3.25. The molecule has 1 N–H and O–H groups in total. The number of benzene rings is 1. The highest BCUT2D eigenvalue weighted by Gasteiger charge is 2.34. The monoisotopic (exact) mass is 239 g/mol. The van der Waals surface area contributed by atoms with Gasteiger partial charge in [-0.3, -0.25) is 0 Å². The summed E-state index contributed by atoms with van der Waals surface area (Å²) in [7, 11) is 0. The molecule has 94 valence electrons. The van der Waals surface area contributed by atoms with Crippen LogP contribution in [0.4, 0.5) is 8.78 Å². The number of nitrogens with one attached hydrogen (secondary N) is 1. The van der Waals surface area contributed by atoms with Crippen LogP contribution >= 0.6 is 0 Å². The topological polar surface area (TPSA) is 12.0 Å². The van der Waals surface area contributed by atoms with E-state index in [1.165, 1.54) is 12.1 Å². The van der Waals surface area contributed by atoms with Gasteiger partial charge in [-0.15, -0.1) is 0 Å². The van der Waals surface area contributed by atoms with Gasteiger partial charge >= 0.3 is 0 Å². The summed E-state index contributed by atoms with van der Waals surface area (Å²) in [6, 6.07) is 6.53. The molecule has 0 saturated carbocycles. The number of hydrogen-bond donors (Lipinski definition) is 1. The van der Waals surface area contributed by atoms with Gasteiger partial charge in [-0.25, -0.2) is 8.78 Å².